The summed E-state index contributed by atoms with van der Waals surface area (Å²) in [6, 6.07) is 9.07. The van der Waals surface area contributed by atoms with E-state index in [9.17, 15) is 38.0 Å². The van der Waals surface area contributed by atoms with E-state index in [1.807, 2.05) is 6.07 Å². The zero-order valence-corrected chi connectivity index (χ0v) is 35.8. The van der Waals surface area contributed by atoms with Gasteiger partial charge in [-0.25, -0.2) is 27.5 Å². The van der Waals surface area contributed by atoms with Crippen LogP contribution in [-0.4, -0.2) is 139 Å². The lowest BCUT2D eigenvalue weighted by atomic mass is 10.0. The van der Waals surface area contributed by atoms with Crippen LogP contribution in [0.2, 0.25) is 0 Å². The van der Waals surface area contributed by atoms with E-state index in [-0.39, 0.29) is 104 Å². The fourth-order valence-corrected chi connectivity index (χ4v) is 7.64. The lowest BCUT2D eigenvalue weighted by Crippen LogP contribution is -2.54. The van der Waals surface area contributed by atoms with E-state index in [2.05, 4.69) is 35.7 Å². The highest BCUT2D eigenvalue weighted by Gasteiger charge is 2.45. The predicted molar refractivity (Wildman–Crippen MR) is 224 cm³/mol. The molecule has 5 N–H and O–H groups in total. The monoisotopic (exact) mass is 906 g/mol. The average molecular weight is 907 g/mol. The number of piperidine rings is 1. The van der Waals surface area contributed by atoms with Crippen molar-refractivity contribution < 1.29 is 56.0 Å². The minimum atomic E-state index is -4.08. The molecule has 64 heavy (non-hydrogen) atoms. The quantitative estimate of drug-likeness (QED) is 0.0494. The van der Waals surface area contributed by atoms with Gasteiger partial charge in [0.05, 0.1) is 110 Å². The number of carbonyl (C=O) groups is 4. The van der Waals surface area contributed by atoms with Crippen molar-refractivity contribution in [3.63, 3.8) is 0 Å². The molecule has 0 saturated carbocycles. The van der Waals surface area contributed by atoms with Gasteiger partial charge in [-0.1, -0.05) is 6.07 Å². The van der Waals surface area contributed by atoms with Gasteiger partial charge in [-0.15, -0.1) is 0 Å². The van der Waals surface area contributed by atoms with Gasteiger partial charge in [-0.3, -0.25) is 34.1 Å². The smallest absolute Gasteiger partial charge is 0.264 e. The van der Waals surface area contributed by atoms with Gasteiger partial charge < -0.3 is 34.7 Å². The fourth-order valence-electron chi connectivity index (χ4n) is 6.61. The van der Waals surface area contributed by atoms with Crippen molar-refractivity contribution in [3.05, 3.63) is 77.5 Å². The van der Waals surface area contributed by atoms with Crippen LogP contribution in [0.3, 0.4) is 0 Å². The van der Waals surface area contributed by atoms with Crippen LogP contribution in [0.1, 0.15) is 53.0 Å². The second-order valence-electron chi connectivity index (χ2n) is 15.0. The molecular weight excluding hydrogens is 860 g/mol. The minimum absolute atomic E-state index is 0.0322. The van der Waals surface area contributed by atoms with Gasteiger partial charge in [0.2, 0.25) is 27.8 Å². The molecule has 0 radical (unpaired) electrons. The van der Waals surface area contributed by atoms with Crippen LogP contribution >= 0.6 is 0 Å². The number of sulfonamides is 1. The third-order valence-electron chi connectivity index (χ3n) is 9.55. The highest BCUT2D eigenvalue weighted by Crippen LogP contribution is 2.32. The van der Waals surface area contributed by atoms with E-state index in [0.717, 1.165) is 11.0 Å². The van der Waals surface area contributed by atoms with Crippen molar-refractivity contribution in [1.29, 1.82) is 5.26 Å². The Morgan fingerprint density at radius 1 is 0.938 bits per heavy atom. The van der Waals surface area contributed by atoms with Crippen LogP contribution in [0.15, 0.2) is 59.9 Å². The largest absolute Gasteiger partial charge is 0.389 e. The highest BCUT2D eigenvalue weighted by atomic mass is 32.2. The number of aromatic nitrogens is 4. The van der Waals surface area contributed by atoms with Crippen LogP contribution in [0.5, 0.6) is 0 Å². The van der Waals surface area contributed by atoms with Crippen LogP contribution in [0.4, 0.5) is 21.7 Å². The summed E-state index contributed by atoms with van der Waals surface area (Å²) in [4.78, 5) is 59.1. The molecule has 2 aliphatic heterocycles. The zero-order chi connectivity index (χ0) is 45.9. The molecule has 23 heteroatoms. The molecule has 0 spiro atoms. The first-order valence-electron chi connectivity index (χ1n) is 20.1. The van der Waals surface area contributed by atoms with Crippen molar-refractivity contribution in [1.82, 2.24) is 34.7 Å². The van der Waals surface area contributed by atoms with Crippen molar-refractivity contribution in [2.24, 2.45) is 0 Å². The highest BCUT2D eigenvalue weighted by molar-refractivity contribution is 7.89. The number of anilines is 3. The maximum Gasteiger partial charge on any atom is 0.264 e. The average Bonchev–Trinajstić information content (AvgIpc) is 3.81. The summed E-state index contributed by atoms with van der Waals surface area (Å²) in [6.07, 6.45) is 4.46. The molecule has 4 heterocycles. The normalized spacial score (nSPS) is 15.3. The van der Waals surface area contributed by atoms with Crippen molar-refractivity contribution in [2.75, 3.05) is 76.6 Å². The molecule has 1 fully saturated rings. The van der Waals surface area contributed by atoms with Crippen LogP contribution in [-0.2, 0) is 45.1 Å². The standard InChI is InChI=1S/C41H47FN10O11S/c1-41(2,57)25-51-24-27(23-46-51)36-26(21-43)22-45-40(50-36)48-31-7-6-28(20-30(31)42)64(58,59)47-11-13-61-15-17-63-19-18-62-16-14-60-12-10-44-32-5-3-4-29-35(32)39(56)52(38(29)55)33-8-9-34(53)49-37(33)54/h3-7,20,22-24,33,44,47,57H,8-19,25H2,1-2H3,(H,45,48,50)(H,49,53,54). The number of imide groups is 2. The molecular formula is C41H47FN10O11S. The number of hydrogen-bond donors (Lipinski definition) is 5. The Labute approximate surface area is 367 Å². The number of benzene rings is 2. The van der Waals surface area contributed by atoms with E-state index in [1.54, 1.807) is 32.2 Å². The summed E-state index contributed by atoms with van der Waals surface area (Å²) < 4.78 is 66.6. The number of halogens is 1. The van der Waals surface area contributed by atoms with E-state index < -0.39 is 51.1 Å². The van der Waals surface area contributed by atoms with Crippen LogP contribution < -0.4 is 20.7 Å². The van der Waals surface area contributed by atoms with Gasteiger partial charge in [0.1, 0.15) is 17.9 Å². The molecule has 2 aromatic heterocycles. The Balaban J connectivity index is 0.810. The molecule has 1 saturated heterocycles. The SMILES string of the molecule is CC(C)(O)Cn1cc(-c2nc(Nc3ccc(S(=O)(=O)NCCOCCOCCOCCOCCNc4cccc5c4C(=O)N(C4CCC(=O)NC4=O)C5=O)cc3F)ncc2C#N)cn1. The van der Waals surface area contributed by atoms with Crippen molar-refractivity contribution >= 4 is 51.0 Å². The minimum Gasteiger partial charge on any atom is -0.389 e. The van der Waals surface area contributed by atoms with Gasteiger partial charge in [0, 0.05) is 37.0 Å². The van der Waals surface area contributed by atoms with Gasteiger partial charge >= 0.3 is 0 Å². The first-order valence-corrected chi connectivity index (χ1v) is 21.6. The number of rotatable bonds is 24. The van der Waals surface area contributed by atoms with Crippen LogP contribution in [0, 0.1) is 17.1 Å². The molecule has 0 aliphatic carbocycles. The van der Waals surface area contributed by atoms with E-state index >= 15 is 4.39 Å². The number of ether oxygens (including phenoxy) is 4. The predicted octanol–water partition coefficient (Wildman–Crippen LogP) is 1.72. The maximum atomic E-state index is 15.1. The Morgan fingerprint density at radius 3 is 2.28 bits per heavy atom. The summed E-state index contributed by atoms with van der Waals surface area (Å²) in [5, 5.41) is 31.9. The summed E-state index contributed by atoms with van der Waals surface area (Å²) in [6.45, 7) is 5.59. The number of nitrogens with one attached hydrogen (secondary N) is 4. The third kappa shape index (κ3) is 12.3. The molecule has 1 unspecified atom stereocenters. The topological polar surface area (TPSA) is 278 Å². The van der Waals surface area contributed by atoms with E-state index in [4.69, 9.17) is 18.9 Å². The lowest BCUT2D eigenvalue weighted by Gasteiger charge is -2.27. The Hall–Kier alpha value is -6.26. The number of nitrogens with zero attached hydrogens (tertiary/aromatic N) is 6. The van der Waals surface area contributed by atoms with Gasteiger partial charge in [-0.05, 0) is 50.6 Å². The lowest BCUT2D eigenvalue weighted by molar-refractivity contribution is -0.136. The maximum absolute atomic E-state index is 15.1. The Kier molecular flexibility index (Phi) is 15.8. The number of amides is 4. The summed E-state index contributed by atoms with van der Waals surface area (Å²) in [7, 11) is -4.08. The number of nitriles is 1. The molecule has 2 aliphatic rings. The second-order valence-corrected chi connectivity index (χ2v) is 16.8. The molecule has 0 bridgehead atoms. The molecule has 21 nitrogen and oxygen atoms in total. The first-order chi connectivity index (χ1) is 30.6. The number of aliphatic hydroxyl groups is 1. The Morgan fingerprint density at radius 2 is 1.62 bits per heavy atom. The molecule has 4 amide bonds. The summed E-state index contributed by atoms with van der Waals surface area (Å²) in [5.74, 6) is -3.23. The van der Waals surface area contributed by atoms with E-state index in [1.165, 1.54) is 35.3 Å². The van der Waals surface area contributed by atoms with Crippen LogP contribution in [0.25, 0.3) is 11.3 Å². The summed E-state index contributed by atoms with van der Waals surface area (Å²) >= 11 is 0. The fraction of sp³-hybridized carbons (Fsp3) is 0.415. The van der Waals surface area contributed by atoms with Gasteiger partial charge in [0.15, 0.2) is 0 Å². The van der Waals surface area contributed by atoms with Gasteiger partial charge in [0.25, 0.3) is 11.8 Å². The molecule has 1 atom stereocenters. The van der Waals surface area contributed by atoms with Crippen molar-refractivity contribution in [3.8, 4) is 17.3 Å². The summed E-state index contributed by atoms with van der Waals surface area (Å²) in [5.41, 5.74) is 0.505. The Bertz CT molecular complexity index is 2510. The zero-order valence-electron chi connectivity index (χ0n) is 35.0. The first kappa shape index (κ1) is 47.2. The molecule has 4 aromatic rings. The van der Waals surface area contributed by atoms with Crippen molar-refractivity contribution in [2.45, 2.75) is 49.8 Å². The number of hydrogen-bond acceptors (Lipinski definition) is 17. The second kappa shape index (κ2) is 21.4. The number of carbonyl (C=O) groups excluding carboxylic acids is 4. The molecule has 6 rings (SSSR count). The van der Waals surface area contributed by atoms with Gasteiger partial charge in [-0.2, -0.15) is 10.4 Å². The molecule has 340 valence electrons. The third-order valence-corrected chi connectivity index (χ3v) is 11.0. The van der Waals surface area contributed by atoms with E-state index in [0.29, 0.717) is 31.0 Å². The number of fused-ring (bicyclic) bond motifs is 1. The molecule has 2 aromatic carbocycles.